The van der Waals surface area contributed by atoms with Gasteiger partial charge < -0.3 is 9.64 Å². The summed E-state index contributed by atoms with van der Waals surface area (Å²) in [6.07, 6.45) is 1.22. The van der Waals surface area contributed by atoms with Crippen molar-refractivity contribution in [3.8, 4) is 0 Å². The summed E-state index contributed by atoms with van der Waals surface area (Å²) in [5, 5.41) is 0. The molecule has 2 fully saturated rings. The number of rotatable bonds is 1. The Morgan fingerprint density at radius 2 is 1.76 bits per heavy atom. The highest BCUT2D eigenvalue weighted by Crippen LogP contribution is 2.27. The number of amides is 1. The second kappa shape index (κ2) is 4.49. The highest BCUT2D eigenvalue weighted by atomic mass is 16.5. The topological polar surface area (TPSA) is 29.5 Å². The molecular formula is C14H17NO2. The molecule has 1 aromatic carbocycles. The Bertz CT molecular complexity index is 392. The fraction of sp³-hybridized carbons (Fsp3) is 0.500. The van der Waals surface area contributed by atoms with E-state index in [1.807, 2.05) is 35.2 Å². The van der Waals surface area contributed by atoms with Crippen molar-refractivity contribution in [3.05, 3.63) is 35.9 Å². The molecule has 2 unspecified atom stereocenters. The van der Waals surface area contributed by atoms with Gasteiger partial charge in [0.1, 0.15) is 0 Å². The van der Waals surface area contributed by atoms with Gasteiger partial charge in [-0.1, -0.05) is 18.2 Å². The molecule has 2 saturated heterocycles. The first-order valence-electron chi connectivity index (χ1n) is 6.25. The molecule has 0 N–H and O–H groups in total. The van der Waals surface area contributed by atoms with Crippen molar-refractivity contribution in [1.29, 1.82) is 0 Å². The van der Waals surface area contributed by atoms with E-state index in [4.69, 9.17) is 4.74 Å². The van der Waals surface area contributed by atoms with Gasteiger partial charge in [0.15, 0.2) is 0 Å². The molecule has 0 radical (unpaired) electrons. The third-order valence-corrected chi connectivity index (χ3v) is 3.64. The molecule has 2 heterocycles. The first-order valence-corrected chi connectivity index (χ1v) is 6.25. The molecular weight excluding hydrogens is 214 g/mol. The van der Waals surface area contributed by atoms with E-state index in [0.29, 0.717) is 11.8 Å². The minimum atomic E-state index is 0.169. The van der Waals surface area contributed by atoms with E-state index in [-0.39, 0.29) is 5.91 Å². The SMILES string of the molecule is O=C(c1ccccc1)N1CC2COCC(C2)C1. The molecule has 0 aromatic heterocycles. The van der Waals surface area contributed by atoms with Gasteiger partial charge in [-0.25, -0.2) is 0 Å². The van der Waals surface area contributed by atoms with Gasteiger partial charge in [0.05, 0.1) is 13.2 Å². The molecule has 1 amide bonds. The van der Waals surface area contributed by atoms with Gasteiger partial charge in [0.2, 0.25) is 0 Å². The zero-order valence-electron chi connectivity index (χ0n) is 9.84. The summed E-state index contributed by atoms with van der Waals surface area (Å²) < 4.78 is 5.53. The molecule has 0 saturated carbocycles. The van der Waals surface area contributed by atoms with Gasteiger partial charge in [-0.05, 0) is 18.6 Å². The predicted molar refractivity (Wildman–Crippen MR) is 64.8 cm³/mol. The van der Waals surface area contributed by atoms with Crippen LogP contribution in [0, 0.1) is 11.8 Å². The predicted octanol–water partition coefficient (Wildman–Crippen LogP) is 1.80. The second-order valence-corrected chi connectivity index (χ2v) is 5.08. The zero-order chi connectivity index (χ0) is 11.7. The average Bonchev–Trinajstić information content (AvgIpc) is 2.38. The van der Waals surface area contributed by atoms with Crippen molar-refractivity contribution in [2.45, 2.75) is 6.42 Å². The number of ether oxygens (including phenoxy) is 1. The standard InChI is InChI=1S/C14H17NO2/c16-14(13-4-2-1-3-5-13)15-7-11-6-12(8-15)10-17-9-11/h1-5,11-12H,6-10H2. The maximum atomic E-state index is 12.3. The molecule has 2 atom stereocenters. The molecule has 2 aliphatic heterocycles. The number of carbonyl (C=O) groups excluding carboxylic acids is 1. The highest BCUT2D eigenvalue weighted by Gasteiger charge is 2.33. The Balaban J connectivity index is 1.74. The Kier molecular flexibility index (Phi) is 2.85. The quantitative estimate of drug-likeness (QED) is 0.737. The van der Waals surface area contributed by atoms with Crippen molar-refractivity contribution >= 4 is 5.91 Å². The second-order valence-electron chi connectivity index (χ2n) is 5.08. The monoisotopic (exact) mass is 231 g/mol. The van der Waals surface area contributed by atoms with Crippen molar-refractivity contribution < 1.29 is 9.53 Å². The lowest BCUT2D eigenvalue weighted by Crippen LogP contribution is -2.49. The number of benzene rings is 1. The lowest BCUT2D eigenvalue weighted by molar-refractivity contribution is -0.0338. The van der Waals surface area contributed by atoms with Crippen LogP contribution < -0.4 is 0 Å². The summed E-state index contributed by atoms with van der Waals surface area (Å²) in [5.74, 6) is 1.24. The van der Waals surface area contributed by atoms with Gasteiger partial charge >= 0.3 is 0 Å². The molecule has 3 heteroatoms. The van der Waals surface area contributed by atoms with Crippen LogP contribution in [-0.4, -0.2) is 37.1 Å². The number of nitrogens with zero attached hydrogens (tertiary/aromatic N) is 1. The van der Waals surface area contributed by atoms with Crippen LogP contribution in [0.3, 0.4) is 0 Å². The van der Waals surface area contributed by atoms with Crippen LogP contribution in [0.4, 0.5) is 0 Å². The van der Waals surface area contributed by atoms with Crippen LogP contribution in [0.1, 0.15) is 16.8 Å². The smallest absolute Gasteiger partial charge is 0.253 e. The van der Waals surface area contributed by atoms with E-state index in [0.717, 1.165) is 31.9 Å². The number of hydrogen-bond acceptors (Lipinski definition) is 2. The fourth-order valence-electron chi connectivity index (χ4n) is 2.89. The molecule has 17 heavy (non-hydrogen) atoms. The molecule has 90 valence electrons. The van der Waals surface area contributed by atoms with Crippen LogP contribution in [0.15, 0.2) is 30.3 Å². The summed E-state index contributed by atoms with van der Waals surface area (Å²) in [6.45, 7) is 3.33. The van der Waals surface area contributed by atoms with Crippen LogP contribution >= 0.6 is 0 Å². The normalized spacial score (nSPS) is 27.9. The van der Waals surface area contributed by atoms with Crippen molar-refractivity contribution in [2.24, 2.45) is 11.8 Å². The number of hydrogen-bond donors (Lipinski definition) is 0. The molecule has 0 spiro atoms. The van der Waals surface area contributed by atoms with Gasteiger partial charge in [-0.2, -0.15) is 0 Å². The fourth-order valence-corrected chi connectivity index (χ4v) is 2.89. The van der Waals surface area contributed by atoms with E-state index in [1.54, 1.807) is 0 Å². The molecule has 2 bridgehead atoms. The van der Waals surface area contributed by atoms with Crippen molar-refractivity contribution in [2.75, 3.05) is 26.3 Å². The first-order chi connectivity index (χ1) is 8.33. The lowest BCUT2D eigenvalue weighted by atomic mass is 9.88. The summed E-state index contributed by atoms with van der Waals surface area (Å²) in [6, 6.07) is 9.56. The van der Waals surface area contributed by atoms with Gasteiger partial charge in [0.25, 0.3) is 5.91 Å². The van der Waals surface area contributed by atoms with Crippen LogP contribution in [-0.2, 0) is 4.74 Å². The van der Waals surface area contributed by atoms with E-state index in [1.165, 1.54) is 6.42 Å². The van der Waals surface area contributed by atoms with E-state index in [2.05, 4.69) is 0 Å². The number of likely N-dealkylation sites (tertiary alicyclic amines) is 1. The first kappa shape index (κ1) is 10.8. The maximum Gasteiger partial charge on any atom is 0.253 e. The minimum absolute atomic E-state index is 0.169. The maximum absolute atomic E-state index is 12.3. The van der Waals surface area contributed by atoms with Crippen LogP contribution in [0.25, 0.3) is 0 Å². The Morgan fingerprint density at radius 1 is 1.12 bits per heavy atom. The number of fused-ring (bicyclic) bond motifs is 2. The molecule has 0 aliphatic carbocycles. The third kappa shape index (κ3) is 2.20. The Morgan fingerprint density at radius 3 is 2.41 bits per heavy atom. The molecule has 3 nitrogen and oxygen atoms in total. The molecule has 1 aromatic rings. The van der Waals surface area contributed by atoms with Crippen molar-refractivity contribution in [3.63, 3.8) is 0 Å². The van der Waals surface area contributed by atoms with E-state index in [9.17, 15) is 4.79 Å². The lowest BCUT2D eigenvalue weighted by Gasteiger charge is -2.41. The number of carbonyl (C=O) groups is 1. The molecule has 2 aliphatic rings. The third-order valence-electron chi connectivity index (χ3n) is 3.64. The highest BCUT2D eigenvalue weighted by molar-refractivity contribution is 5.94. The Hall–Kier alpha value is -1.35. The summed E-state index contributed by atoms with van der Waals surface area (Å²) in [5.41, 5.74) is 0.799. The van der Waals surface area contributed by atoms with Crippen LogP contribution in [0.2, 0.25) is 0 Å². The summed E-state index contributed by atoms with van der Waals surface area (Å²) in [7, 11) is 0. The van der Waals surface area contributed by atoms with Crippen molar-refractivity contribution in [1.82, 2.24) is 4.90 Å². The Labute approximate surface area is 101 Å². The van der Waals surface area contributed by atoms with Gasteiger partial charge in [-0.15, -0.1) is 0 Å². The summed E-state index contributed by atoms with van der Waals surface area (Å²) in [4.78, 5) is 14.3. The molecule has 3 rings (SSSR count). The van der Waals surface area contributed by atoms with Crippen LogP contribution in [0.5, 0.6) is 0 Å². The van der Waals surface area contributed by atoms with Gasteiger partial charge in [0, 0.05) is 30.5 Å². The van der Waals surface area contributed by atoms with E-state index >= 15 is 0 Å². The van der Waals surface area contributed by atoms with Gasteiger partial charge in [-0.3, -0.25) is 4.79 Å². The van der Waals surface area contributed by atoms with E-state index < -0.39 is 0 Å². The number of piperidine rings is 1. The largest absolute Gasteiger partial charge is 0.381 e. The average molecular weight is 231 g/mol. The summed E-state index contributed by atoms with van der Waals surface area (Å²) >= 11 is 0. The minimum Gasteiger partial charge on any atom is -0.381 e. The zero-order valence-corrected chi connectivity index (χ0v) is 9.84.